The molecule has 0 N–H and O–H groups in total. The third kappa shape index (κ3) is 4.60. The standard InChI is InChI=1S/C10H16Cl2N2S.Pt/c1-3-4-6-14-8(5-7-15-2)13-9(11)10(14)12;/h3-7H2,1-2H3;. The number of rotatable bonds is 6. The molecular weight excluding hydrogens is 446 g/mol. The Kier molecular flexibility index (Phi) is 9.31. The van der Waals surface area contributed by atoms with Crippen LogP contribution in [0.5, 0.6) is 0 Å². The van der Waals surface area contributed by atoms with Gasteiger partial charge in [-0.3, -0.25) is 0 Å². The Bertz CT molecular complexity index is 318. The molecule has 0 radical (unpaired) electrons. The van der Waals surface area contributed by atoms with Crippen LogP contribution in [0.2, 0.25) is 10.3 Å². The monoisotopic (exact) mass is 461 g/mol. The number of hydrogen-bond donors (Lipinski definition) is 0. The van der Waals surface area contributed by atoms with Gasteiger partial charge in [0, 0.05) is 39.8 Å². The van der Waals surface area contributed by atoms with Crippen LogP contribution in [0.1, 0.15) is 25.6 Å². The average molecular weight is 462 g/mol. The zero-order valence-corrected chi connectivity index (χ0v) is 14.0. The predicted octanol–water partition coefficient (Wildman–Crippen LogP) is 3.89. The second kappa shape index (κ2) is 8.85. The normalized spacial score (nSPS) is 10.2. The molecule has 0 bridgehead atoms. The van der Waals surface area contributed by atoms with Gasteiger partial charge in [0.25, 0.3) is 0 Å². The Balaban J connectivity index is 0.00000225. The summed E-state index contributed by atoms with van der Waals surface area (Å²) in [5.74, 6) is 2.06. The van der Waals surface area contributed by atoms with Crippen LogP contribution in [-0.2, 0) is 34.0 Å². The van der Waals surface area contributed by atoms with Crippen LogP contribution in [0.3, 0.4) is 0 Å². The molecule has 1 aromatic heterocycles. The summed E-state index contributed by atoms with van der Waals surface area (Å²) in [6.45, 7) is 3.08. The first-order chi connectivity index (χ1) is 7.20. The summed E-state index contributed by atoms with van der Waals surface area (Å²) in [6, 6.07) is 0. The van der Waals surface area contributed by atoms with E-state index in [4.69, 9.17) is 23.2 Å². The summed E-state index contributed by atoms with van der Waals surface area (Å²) >= 11 is 13.8. The van der Waals surface area contributed by atoms with Crippen LogP contribution in [0.4, 0.5) is 0 Å². The molecule has 96 valence electrons. The third-order valence-corrected chi connectivity index (χ3v) is 3.57. The SMILES string of the molecule is CCCCn1c(CCSC)nc(Cl)c1Cl.[Pt]. The fourth-order valence-corrected chi connectivity index (χ4v) is 2.18. The Labute approximate surface area is 126 Å². The van der Waals surface area contributed by atoms with Crippen molar-refractivity contribution in [2.75, 3.05) is 12.0 Å². The van der Waals surface area contributed by atoms with Gasteiger partial charge in [0.05, 0.1) is 0 Å². The van der Waals surface area contributed by atoms with Crippen LogP contribution in [0.15, 0.2) is 0 Å². The summed E-state index contributed by atoms with van der Waals surface area (Å²) < 4.78 is 2.03. The molecular formula is C10H16Cl2N2PtS. The fraction of sp³-hybridized carbons (Fsp3) is 0.700. The Hall–Kier alpha value is 0.828. The maximum atomic E-state index is 6.09. The van der Waals surface area contributed by atoms with Gasteiger partial charge in [0.2, 0.25) is 0 Å². The average Bonchev–Trinajstić information content (AvgIpc) is 2.50. The molecule has 2 nitrogen and oxygen atoms in total. The van der Waals surface area contributed by atoms with Gasteiger partial charge in [0.1, 0.15) is 11.0 Å². The van der Waals surface area contributed by atoms with Gasteiger partial charge in [-0.15, -0.1) is 0 Å². The second-order valence-electron chi connectivity index (χ2n) is 3.36. The molecule has 1 rings (SSSR count). The largest absolute Gasteiger partial charge is 0.318 e. The topological polar surface area (TPSA) is 17.8 Å². The molecule has 0 aliphatic rings. The van der Waals surface area contributed by atoms with Crippen molar-refractivity contribution in [3.05, 3.63) is 16.1 Å². The van der Waals surface area contributed by atoms with Crippen molar-refractivity contribution < 1.29 is 21.1 Å². The zero-order valence-electron chi connectivity index (χ0n) is 9.41. The summed E-state index contributed by atoms with van der Waals surface area (Å²) in [4.78, 5) is 4.28. The van der Waals surface area contributed by atoms with Crippen molar-refractivity contribution in [1.29, 1.82) is 0 Å². The summed E-state index contributed by atoms with van der Waals surface area (Å²) in [7, 11) is 0. The number of hydrogen-bond acceptors (Lipinski definition) is 2. The van der Waals surface area contributed by atoms with E-state index in [1.54, 1.807) is 11.8 Å². The molecule has 0 fully saturated rings. The predicted molar refractivity (Wildman–Crippen MR) is 69.2 cm³/mol. The molecule has 6 heteroatoms. The first-order valence-corrected chi connectivity index (χ1v) is 7.25. The van der Waals surface area contributed by atoms with E-state index in [0.717, 1.165) is 37.4 Å². The van der Waals surface area contributed by atoms with Crippen LogP contribution in [0, 0.1) is 0 Å². The van der Waals surface area contributed by atoms with E-state index in [9.17, 15) is 0 Å². The summed E-state index contributed by atoms with van der Waals surface area (Å²) in [5, 5.41) is 1.02. The first kappa shape index (κ1) is 16.8. The van der Waals surface area contributed by atoms with Gasteiger partial charge in [0.15, 0.2) is 5.15 Å². The summed E-state index contributed by atoms with van der Waals surface area (Å²) in [5.41, 5.74) is 0. The Morgan fingerprint density at radius 1 is 1.38 bits per heavy atom. The van der Waals surface area contributed by atoms with E-state index in [1.807, 2.05) is 4.57 Å². The molecule has 0 saturated carbocycles. The van der Waals surface area contributed by atoms with E-state index in [0.29, 0.717) is 10.3 Å². The van der Waals surface area contributed by atoms with Gasteiger partial charge in [-0.1, -0.05) is 36.5 Å². The molecule has 1 heterocycles. The molecule has 0 saturated heterocycles. The Morgan fingerprint density at radius 3 is 2.62 bits per heavy atom. The molecule has 0 spiro atoms. The van der Waals surface area contributed by atoms with Crippen LogP contribution in [-0.4, -0.2) is 21.6 Å². The maximum absolute atomic E-state index is 6.09. The molecule has 0 atom stereocenters. The molecule has 0 aliphatic heterocycles. The van der Waals surface area contributed by atoms with Crippen molar-refractivity contribution in [3.8, 4) is 0 Å². The minimum atomic E-state index is 0. The van der Waals surface area contributed by atoms with Crippen LogP contribution >= 0.6 is 35.0 Å². The van der Waals surface area contributed by atoms with E-state index in [-0.39, 0.29) is 21.1 Å². The van der Waals surface area contributed by atoms with Gasteiger partial charge < -0.3 is 4.57 Å². The zero-order chi connectivity index (χ0) is 11.3. The van der Waals surface area contributed by atoms with Crippen molar-refractivity contribution >= 4 is 35.0 Å². The summed E-state index contributed by atoms with van der Waals surface area (Å²) in [6.07, 6.45) is 5.27. The number of nitrogens with zero attached hydrogens (tertiary/aromatic N) is 2. The van der Waals surface area contributed by atoms with Gasteiger partial charge in [-0.2, -0.15) is 11.8 Å². The van der Waals surface area contributed by atoms with Crippen molar-refractivity contribution in [1.82, 2.24) is 9.55 Å². The quantitative estimate of drug-likeness (QED) is 0.639. The van der Waals surface area contributed by atoms with E-state index in [1.165, 1.54) is 0 Å². The smallest absolute Gasteiger partial charge is 0.166 e. The van der Waals surface area contributed by atoms with Crippen molar-refractivity contribution in [3.63, 3.8) is 0 Å². The molecule has 16 heavy (non-hydrogen) atoms. The van der Waals surface area contributed by atoms with Crippen molar-refractivity contribution in [2.24, 2.45) is 0 Å². The third-order valence-electron chi connectivity index (χ3n) is 2.21. The number of imidazole rings is 1. The maximum Gasteiger partial charge on any atom is 0.166 e. The van der Waals surface area contributed by atoms with Crippen molar-refractivity contribution in [2.45, 2.75) is 32.7 Å². The number of unbranched alkanes of at least 4 members (excludes halogenated alkanes) is 1. The van der Waals surface area contributed by atoms with Gasteiger partial charge >= 0.3 is 0 Å². The molecule has 1 aromatic rings. The first-order valence-electron chi connectivity index (χ1n) is 5.10. The number of aryl methyl sites for hydroxylation is 1. The number of halogens is 2. The Morgan fingerprint density at radius 2 is 2.06 bits per heavy atom. The second-order valence-corrected chi connectivity index (χ2v) is 5.06. The number of aromatic nitrogens is 2. The van der Waals surface area contributed by atoms with E-state index in [2.05, 4.69) is 18.2 Å². The molecule has 0 unspecified atom stereocenters. The number of thioether (sulfide) groups is 1. The fourth-order valence-electron chi connectivity index (χ4n) is 1.37. The van der Waals surface area contributed by atoms with Crippen LogP contribution in [0.25, 0.3) is 0 Å². The van der Waals surface area contributed by atoms with Gasteiger partial charge in [-0.25, -0.2) is 4.98 Å². The van der Waals surface area contributed by atoms with E-state index < -0.39 is 0 Å². The molecule has 0 aromatic carbocycles. The van der Waals surface area contributed by atoms with Gasteiger partial charge in [-0.05, 0) is 12.7 Å². The van der Waals surface area contributed by atoms with E-state index >= 15 is 0 Å². The molecule has 0 aliphatic carbocycles. The minimum Gasteiger partial charge on any atom is -0.318 e. The minimum absolute atomic E-state index is 0. The van der Waals surface area contributed by atoms with Crippen LogP contribution < -0.4 is 0 Å². The molecule has 0 amide bonds.